The van der Waals surface area contributed by atoms with Gasteiger partial charge in [0.05, 0.1) is 0 Å². The highest BCUT2D eigenvalue weighted by Crippen LogP contribution is 2.21. The van der Waals surface area contributed by atoms with E-state index in [1.165, 1.54) is 24.4 Å². The van der Waals surface area contributed by atoms with Crippen LogP contribution in [0.25, 0.3) is 0 Å². The van der Waals surface area contributed by atoms with E-state index in [0.29, 0.717) is 5.82 Å². The molecule has 0 aliphatic heterocycles. The van der Waals surface area contributed by atoms with Gasteiger partial charge in [0.1, 0.15) is 23.1 Å². The van der Waals surface area contributed by atoms with Gasteiger partial charge >= 0.3 is 0 Å². The number of amides is 1. The molecule has 0 radical (unpaired) electrons. The Kier molecular flexibility index (Phi) is 5.22. The molecule has 0 bridgehead atoms. The fourth-order valence-corrected chi connectivity index (χ4v) is 2.50. The maximum atomic E-state index is 13.7. The van der Waals surface area contributed by atoms with E-state index in [0.717, 1.165) is 17.7 Å². The second-order valence-corrected chi connectivity index (χ2v) is 5.76. The highest BCUT2D eigenvalue weighted by atomic mass is 19.1. The molecule has 0 fully saturated rings. The second-order valence-electron chi connectivity index (χ2n) is 5.76. The summed E-state index contributed by atoms with van der Waals surface area (Å²) in [5.41, 5.74) is 0.837. The van der Waals surface area contributed by atoms with Crippen LogP contribution in [0.4, 0.5) is 20.3 Å². The zero-order chi connectivity index (χ0) is 18.5. The molecule has 0 saturated heterocycles. The van der Waals surface area contributed by atoms with Crippen molar-refractivity contribution >= 4 is 17.4 Å². The van der Waals surface area contributed by atoms with Crippen LogP contribution in [0.3, 0.4) is 0 Å². The first kappa shape index (κ1) is 17.5. The van der Waals surface area contributed by atoms with Crippen LogP contribution in [-0.2, 0) is 0 Å². The number of nitrogens with one attached hydrogen (secondary N) is 2. The van der Waals surface area contributed by atoms with Crippen molar-refractivity contribution in [2.45, 2.75) is 13.0 Å². The van der Waals surface area contributed by atoms with Crippen LogP contribution < -0.4 is 10.6 Å². The van der Waals surface area contributed by atoms with Crippen LogP contribution >= 0.6 is 0 Å². The number of pyridine rings is 1. The van der Waals surface area contributed by atoms with Gasteiger partial charge in [-0.3, -0.25) is 4.79 Å². The van der Waals surface area contributed by atoms with Gasteiger partial charge in [-0.15, -0.1) is 0 Å². The minimum Gasteiger partial charge on any atom is -0.364 e. The number of carbonyl (C=O) groups is 1. The SMILES string of the molecule is CC(Nc1cc(C(=O)Nc2c(F)cccc2F)ccn1)c1ccccc1. The molecule has 2 aromatic carbocycles. The van der Waals surface area contributed by atoms with Crippen LogP contribution in [0, 0.1) is 11.6 Å². The van der Waals surface area contributed by atoms with E-state index in [-0.39, 0.29) is 11.6 Å². The van der Waals surface area contributed by atoms with Gasteiger partial charge in [-0.05, 0) is 36.8 Å². The highest BCUT2D eigenvalue weighted by molar-refractivity contribution is 6.04. The van der Waals surface area contributed by atoms with Gasteiger partial charge in [0, 0.05) is 17.8 Å². The Morgan fingerprint density at radius 3 is 2.38 bits per heavy atom. The summed E-state index contributed by atoms with van der Waals surface area (Å²) in [6.07, 6.45) is 1.46. The molecule has 0 aliphatic rings. The lowest BCUT2D eigenvalue weighted by Gasteiger charge is -2.15. The van der Waals surface area contributed by atoms with Crippen molar-refractivity contribution < 1.29 is 13.6 Å². The summed E-state index contributed by atoms with van der Waals surface area (Å²) in [5.74, 6) is -1.79. The van der Waals surface area contributed by atoms with Gasteiger partial charge in [0.15, 0.2) is 0 Å². The average molecular weight is 353 g/mol. The van der Waals surface area contributed by atoms with E-state index < -0.39 is 23.2 Å². The van der Waals surface area contributed by atoms with Crippen LogP contribution in [-0.4, -0.2) is 10.9 Å². The van der Waals surface area contributed by atoms with Crippen LogP contribution in [0.5, 0.6) is 0 Å². The van der Waals surface area contributed by atoms with Crippen molar-refractivity contribution in [1.29, 1.82) is 0 Å². The van der Waals surface area contributed by atoms with Crippen molar-refractivity contribution in [2.24, 2.45) is 0 Å². The summed E-state index contributed by atoms with van der Waals surface area (Å²) >= 11 is 0. The van der Waals surface area contributed by atoms with Gasteiger partial charge in [-0.1, -0.05) is 36.4 Å². The molecule has 0 saturated carbocycles. The first-order valence-electron chi connectivity index (χ1n) is 8.07. The topological polar surface area (TPSA) is 54.0 Å². The zero-order valence-corrected chi connectivity index (χ0v) is 14.0. The normalized spacial score (nSPS) is 11.7. The number of aromatic nitrogens is 1. The molecule has 0 spiro atoms. The smallest absolute Gasteiger partial charge is 0.256 e. The molecule has 4 nitrogen and oxygen atoms in total. The standard InChI is InChI=1S/C20H17F2N3O/c1-13(14-6-3-2-4-7-14)24-18-12-15(10-11-23-18)20(26)25-19-16(21)8-5-9-17(19)22/h2-13H,1H3,(H,23,24)(H,25,26). The lowest BCUT2D eigenvalue weighted by Crippen LogP contribution is -2.15. The number of para-hydroxylation sites is 1. The van der Waals surface area contributed by atoms with E-state index in [1.54, 1.807) is 0 Å². The van der Waals surface area contributed by atoms with E-state index in [1.807, 2.05) is 37.3 Å². The van der Waals surface area contributed by atoms with E-state index in [9.17, 15) is 13.6 Å². The molecule has 6 heteroatoms. The summed E-state index contributed by atoms with van der Waals surface area (Å²) in [4.78, 5) is 16.5. The van der Waals surface area contributed by atoms with Gasteiger partial charge in [-0.2, -0.15) is 0 Å². The summed E-state index contributed by atoms with van der Waals surface area (Å²) < 4.78 is 27.4. The molecular weight excluding hydrogens is 336 g/mol. The number of benzene rings is 2. The molecule has 2 N–H and O–H groups in total. The van der Waals surface area contributed by atoms with Gasteiger partial charge in [0.25, 0.3) is 5.91 Å². The molecule has 26 heavy (non-hydrogen) atoms. The van der Waals surface area contributed by atoms with Crippen LogP contribution in [0.2, 0.25) is 0 Å². The number of halogens is 2. The molecule has 1 amide bonds. The number of anilines is 2. The van der Waals surface area contributed by atoms with E-state index in [2.05, 4.69) is 15.6 Å². The third-order valence-corrected chi connectivity index (χ3v) is 3.89. The maximum Gasteiger partial charge on any atom is 0.256 e. The fraction of sp³-hybridized carbons (Fsp3) is 0.100. The Bertz CT molecular complexity index is 896. The molecule has 1 unspecified atom stereocenters. The molecule has 132 valence electrons. The molecule has 0 aliphatic carbocycles. The molecule has 1 aromatic heterocycles. The Labute approximate surface area is 149 Å². The Morgan fingerprint density at radius 1 is 1.00 bits per heavy atom. The zero-order valence-electron chi connectivity index (χ0n) is 14.0. The van der Waals surface area contributed by atoms with E-state index >= 15 is 0 Å². The van der Waals surface area contributed by atoms with Crippen molar-refractivity contribution in [3.8, 4) is 0 Å². The Balaban J connectivity index is 1.75. The lowest BCUT2D eigenvalue weighted by atomic mass is 10.1. The predicted molar refractivity (Wildman–Crippen MR) is 97.0 cm³/mol. The van der Waals surface area contributed by atoms with E-state index in [4.69, 9.17) is 0 Å². The third kappa shape index (κ3) is 4.03. The lowest BCUT2D eigenvalue weighted by molar-refractivity contribution is 0.102. The molecule has 1 heterocycles. The molecule has 1 atom stereocenters. The molecular formula is C20H17F2N3O. The minimum atomic E-state index is -0.830. The van der Waals surface area contributed by atoms with Crippen molar-refractivity contribution in [1.82, 2.24) is 4.98 Å². The van der Waals surface area contributed by atoms with Crippen molar-refractivity contribution in [3.63, 3.8) is 0 Å². The monoisotopic (exact) mass is 353 g/mol. The number of nitrogens with zero attached hydrogens (tertiary/aromatic N) is 1. The summed E-state index contributed by atoms with van der Waals surface area (Å²) in [6.45, 7) is 1.97. The van der Waals surface area contributed by atoms with Crippen LogP contribution in [0.1, 0.15) is 28.9 Å². The van der Waals surface area contributed by atoms with Gasteiger partial charge < -0.3 is 10.6 Å². The summed E-state index contributed by atoms with van der Waals surface area (Å²) in [6, 6.07) is 16.2. The fourth-order valence-electron chi connectivity index (χ4n) is 2.50. The van der Waals surface area contributed by atoms with Crippen molar-refractivity contribution in [3.05, 3.63) is 89.6 Å². The van der Waals surface area contributed by atoms with Crippen molar-refractivity contribution in [2.75, 3.05) is 10.6 Å². The van der Waals surface area contributed by atoms with Gasteiger partial charge in [-0.25, -0.2) is 13.8 Å². The minimum absolute atomic E-state index is 0.0222. The Hall–Kier alpha value is -3.28. The predicted octanol–water partition coefficient (Wildman–Crippen LogP) is 4.79. The quantitative estimate of drug-likeness (QED) is 0.694. The number of hydrogen-bond donors (Lipinski definition) is 2. The first-order chi connectivity index (χ1) is 12.5. The van der Waals surface area contributed by atoms with Gasteiger partial charge in [0.2, 0.25) is 0 Å². The summed E-state index contributed by atoms with van der Waals surface area (Å²) in [7, 11) is 0. The van der Waals surface area contributed by atoms with Crippen LogP contribution in [0.15, 0.2) is 66.9 Å². The third-order valence-electron chi connectivity index (χ3n) is 3.89. The largest absolute Gasteiger partial charge is 0.364 e. The maximum absolute atomic E-state index is 13.7. The number of rotatable bonds is 5. The number of carbonyl (C=O) groups excluding carboxylic acids is 1. The second kappa shape index (κ2) is 7.74. The number of hydrogen-bond acceptors (Lipinski definition) is 3. The molecule has 3 aromatic rings. The first-order valence-corrected chi connectivity index (χ1v) is 8.07. The average Bonchev–Trinajstić information content (AvgIpc) is 2.65. The highest BCUT2D eigenvalue weighted by Gasteiger charge is 2.14. The Morgan fingerprint density at radius 2 is 1.69 bits per heavy atom. The molecule has 3 rings (SSSR count). The summed E-state index contributed by atoms with van der Waals surface area (Å²) in [5, 5.41) is 5.46.